The van der Waals surface area contributed by atoms with Gasteiger partial charge >= 0.3 is 0 Å². The molecular weight excluding hydrogens is 276 g/mol. The Kier molecular flexibility index (Phi) is 4.34. The van der Waals surface area contributed by atoms with Crippen molar-refractivity contribution in [1.82, 2.24) is 0 Å². The fourth-order valence-electron chi connectivity index (χ4n) is 8.55. The second kappa shape index (κ2) is 6.06. The molecule has 4 bridgehead atoms. The topological polar surface area (TPSA) is 0 Å². The minimum Gasteiger partial charge on any atom is -0.0654 e. The Hall–Kier alpha value is 0. The summed E-state index contributed by atoms with van der Waals surface area (Å²) in [5, 5.41) is 0. The quantitative estimate of drug-likeness (QED) is 0.515. The van der Waals surface area contributed by atoms with Gasteiger partial charge in [-0.2, -0.15) is 0 Å². The zero-order valence-corrected chi connectivity index (χ0v) is 16.2. The maximum Gasteiger partial charge on any atom is -0.0261 e. The van der Waals surface area contributed by atoms with E-state index in [0.29, 0.717) is 0 Å². The van der Waals surface area contributed by atoms with Gasteiger partial charge in [0.05, 0.1) is 0 Å². The SMILES string of the molecule is CCCC[C@@]1(C)C(CCC)C2C3C4CCCCCC(C)C3C4C21. The van der Waals surface area contributed by atoms with Crippen molar-refractivity contribution in [3.05, 3.63) is 0 Å². The standard InChI is InChI=1S/C23H40/c1-5-7-14-23(4)17(11-6-2)21-19-16-13-10-8-9-12-15(3)18(19)20(16)22(21)23/h15-22H,5-14H2,1-4H3/t15?,16?,17?,18?,19?,20?,21?,22?,23-/m0/s1. The molecule has 0 aromatic heterocycles. The van der Waals surface area contributed by atoms with E-state index in [-0.39, 0.29) is 0 Å². The zero-order valence-electron chi connectivity index (χ0n) is 16.2. The molecule has 23 heavy (non-hydrogen) atoms. The van der Waals surface area contributed by atoms with Crippen LogP contribution in [-0.2, 0) is 0 Å². The highest BCUT2D eigenvalue weighted by Gasteiger charge is 2.77. The summed E-state index contributed by atoms with van der Waals surface area (Å²) >= 11 is 0. The lowest BCUT2D eigenvalue weighted by Gasteiger charge is -2.59. The highest BCUT2D eigenvalue weighted by atomic mass is 14.8. The largest absolute Gasteiger partial charge is 0.0654 e. The summed E-state index contributed by atoms with van der Waals surface area (Å²) in [4.78, 5) is 0. The van der Waals surface area contributed by atoms with E-state index in [0.717, 1.165) is 52.8 Å². The average Bonchev–Trinajstić information content (AvgIpc) is 3.05. The molecule has 0 heteroatoms. The van der Waals surface area contributed by atoms with Crippen LogP contribution in [0.5, 0.6) is 0 Å². The molecule has 9 atom stereocenters. The first-order valence-electron chi connectivity index (χ1n) is 11.1. The van der Waals surface area contributed by atoms with Crippen molar-refractivity contribution in [2.45, 2.75) is 91.9 Å². The van der Waals surface area contributed by atoms with Gasteiger partial charge in [0.1, 0.15) is 0 Å². The molecule has 0 saturated heterocycles. The predicted octanol–water partition coefficient (Wildman–Crippen LogP) is 6.94. The maximum absolute atomic E-state index is 2.73. The van der Waals surface area contributed by atoms with E-state index in [1.54, 1.807) is 12.8 Å². The van der Waals surface area contributed by atoms with E-state index in [1.165, 1.54) is 51.4 Å². The molecule has 0 aromatic rings. The molecule has 0 amide bonds. The molecule has 5 aliphatic rings. The van der Waals surface area contributed by atoms with Gasteiger partial charge in [0.25, 0.3) is 0 Å². The van der Waals surface area contributed by atoms with Crippen molar-refractivity contribution in [2.24, 2.45) is 52.8 Å². The Bertz CT molecular complexity index is 426. The van der Waals surface area contributed by atoms with Crippen LogP contribution in [0.4, 0.5) is 0 Å². The van der Waals surface area contributed by atoms with E-state index in [1.807, 2.05) is 0 Å². The van der Waals surface area contributed by atoms with Gasteiger partial charge in [-0.05, 0) is 72.0 Å². The number of unbranched alkanes of at least 4 members (excludes halogenated alkanes) is 1. The third-order valence-corrected chi connectivity index (χ3v) is 9.25. The number of hydrogen-bond donors (Lipinski definition) is 0. The molecule has 132 valence electrons. The second-order valence-corrected chi connectivity index (χ2v) is 10.1. The summed E-state index contributed by atoms with van der Waals surface area (Å²) in [6.45, 7) is 10.2. The third-order valence-electron chi connectivity index (χ3n) is 9.25. The van der Waals surface area contributed by atoms with Crippen molar-refractivity contribution in [2.75, 3.05) is 0 Å². The van der Waals surface area contributed by atoms with Gasteiger partial charge in [0.2, 0.25) is 0 Å². The van der Waals surface area contributed by atoms with E-state index < -0.39 is 0 Å². The van der Waals surface area contributed by atoms with Gasteiger partial charge in [-0.3, -0.25) is 0 Å². The van der Waals surface area contributed by atoms with Crippen molar-refractivity contribution in [1.29, 1.82) is 0 Å². The third kappa shape index (κ3) is 2.15. The van der Waals surface area contributed by atoms with Gasteiger partial charge in [0, 0.05) is 0 Å². The zero-order chi connectivity index (χ0) is 16.2. The Morgan fingerprint density at radius 3 is 2.39 bits per heavy atom. The highest BCUT2D eigenvalue weighted by Crippen LogP contribution is 2.81. The van der Waals surface area contributed by atoms with Crippen LogP contribution in [-0.4, -0.2) is 0 Å². The van der Waals surface area contributed by atoms with E-state index in [9.17, 15) is 0 Å². The summed E-state index contributed by atoms with van der Waals surface area (Å²) in [6.07, 6.45) is 15.1. The number of hydrogen-bond acceptors (Lipinski definition) is 0. The molecule has 5 saturated carbocycles. The van der Waals surface area contributed by atoms with Crippen molar-refractivity contribution in [3.8, 4) is 0 Å². The van der Waals surface area contributed by atoms with Gasteiger partial charge in [-0.25, -0.2) is 0 Å². The van der Waals surface area contributed by atoms with Gasteiger partial charge < -0.3 is 0 Å². The van der Waals surface area contributed by atoms with E-state index >= 15 is 0 Å². The fourth-order valence-corrected chi connectivity index (χ4v) is 8.55. The second-order valence-electron chi connectivity index (χ2n) is 10.1. The molecule has 5 fully saturated rings. The predicted molar refractivity (Wildman–Crippen MR) is 99.2 cm³/mol. The number of rotatable bonds is 5. The first-order valence-corrected chi connectivity index (χ1v) is 11.1. The van der Waals surface area contributed by atoms with Crippen LogP contribution in [0.2, 0.25) is 0 Å². The van der Waals surface area contributed by atoms with Crippen molar-refractivity contribution >= 4 is 0 Å². The van der Waals surface area contributed by atoms with Crippen molar-refractivity contribution < 1.29 is 0 Å². The molecule has 5 aliphatic carbocycles. The molecule has 5 rings (SSSR count). The Labute approximate surface area is 145 Å². The van der Waals surface area contributed by atoms with Gasteiger partial charge in [-0.15, -0.1) is 0 Å². The normalized spacial score (nSPS) is 54.3. The van der Waals surface area contributed by atoms with Gasteiger partial charge in [-0.1, -0.05) is 72.6 Å². The first kappa shape index (κ1) is 16.5. The summed E-state index contributed by atoms with van der Waals surface area (Å²) in [5.74, 6) is 8.98. The average molecular weight is 317 g/mol. The minimum atomic E-state index is 0.719. The molecule has 0 radical (unpaired) electrons. The molecule has 0 nitrogen and oxygen atoms in total. The maximum atomic E-state index is 2.73. The van der Waals surface area contributed by atoms with Crippen LogP contribution in [0, 0.1) is 52.8 Å². The lowest BCUT2D eigenvalue weighted by Crippen LogP contribution is -2.53. The van der Waals surface area contributed by atoms with Crippen LogP contribution in [0.15, 0.2) is 0 Å². The van der Waals surface area contributed by atoms with Gasteiger partial charge in [0.15, 0.2) is 0 Å². The lowest BCUT2D eigenvalue weighted by atomic mass is 9.46. The Balaban J connectivity index is 1.61. The molecule has 8 unspecified atom stereocenters. The van der Waals surface area contributed by atoms with Crippen LogP contribution in [0.25, 0.3) is 0 Å². The fraction of sp³-hybridized carbons (Fsp3) is 1.00. The Morgan fingerprint density at radius 2 is 1.65 bits per heavy atom. The molecule has 0 N–H and O–H groups in total. The van der Waals surface area contributed by atoms with Crippen molar-refractivity contribution in [3.63, 3.8) is 0 Å². The van der Waals surface area contributed by atoms with E-state index in [4.69, 9.17) is 0 Å². The summed E-state index contributed by atoms with van der Waals surface area (Å²) in [5.41, 5.74) is 0.719. The summed E-state index contributed by atoms with van der Waals surface area (Å²) < 4.78 is 0. The highest BCUT2D eigenvalue weighted by molar-refractivity contribution is 5.24. The molecular formula is C23H40. The van der Waals surface area contributed by atoms with Crippen LogP contribution < -0.4 is 0 Å². The first-order chi connectivity index (χ1) is 11.1. The molecule has 0 aromatic carbocycles. The van der Waals surface area contributed by atoms with E-state index in [2.05, 4.69) is 27.7 Å². The smallest absolute Gasteiger partial charge is 0.0261 e. The molecule has 0 spiro atoms. The lowest BCUT2D eigenvalue weighted by molar-refractivity contribution is -0.107. The van der Waals surface area contributed by atoms with Crippen LogP contribution in [0.1, 0.15) is 91.9 Å². The molecule has 0 aliphatic heterocycles. The van der Waals surface area contributed by atoms with Crippen LogP contribution >= 0.6 is 0 Å². The molecule has 0 heterocycles. The summed E-state index contributed by atoms with van der Waals surface area (Å²) in [7, 11) is 0. The Morgan fingerprint density at radius 1 is 0.870 bits per heavy atom. The minimum absolute atomic E-state index is 0.719. The summed E-state index contributed by atoms with van der Waals surface area (Å²) in [6, 6.07) is 0. The van der Waals surface area contributed by atoms with Crippen LogP contribution in [0.3, 0.4) is 0 Å². The monoisotopic (exact) mass is 316 g/mol.